The van der Waals surface area contributed by atoms with Gasteiger partial charge in [-0.3, -0.25) is 0 Å². The summed E-state index contributed by atoms with van der Waals surface area (Å²) in [5.41, 5.74) is 6.55. The SMILES string of the molecule is Cc1ccc2cc(N)n[c-]c2c1Cl.[K+]. The number of anilines is 1. The molecule has 2 aromatic rings. The average molecular weight is 231 g/mol. The second-order valence-electron chi connectivity index (χ2n) is 2.95. The summed E-state index contributed by atoms with van der Waals surface area (Å²) in [6, 6.07) is 5.71. The van der Waals surface area contributed by atoms with Gasteiger partial charge in [0.15, 0.2) is 0 Å². The zero-order chi connectivity index (χ0) is 9.42. The van der Waals surface area contributed by atoms with E-state index in [1.54, 1.807) is 6.07 Å². The van der Waals surface area contributed by atoms with Gasteiger partial charge in [0.2, 0.25) is 0 Å². The molecular weight excluding hydrogens is 223 g/mol. The number of nitrogen functional groups attached to an aromatic ring is 1. The standard InChI is InChI=1S/C10H8ClN2.K/c1-6-2-3-7-4-9(12)13-5-8(7)10(6)11;/h2-4H,1H3,(H2,12,13);/q-1;+1. The molecule has 1 heterocycles. The van der Waals surface area contributed by atoms with Crippen LogP contribution < -0.4 is 57.1 Å². The summed E-state index contributed by atoms with van der Waals surface area (Å²) in [5.74, 6) is 0.465. The van der Waals surface area contributed by atoms with Gasteiger partial charge in [-0.2, -0.15) is 0 Å². The topological polar surface area (TPSA) is 38.9 Å². The largest absolute Gasteiger partial charge is 1.00 e. The van der Waals surface area contributed by atoms with Crippen molar-refractivity contribution in [3.05, 3.63) is 35.0 Å². The number of pyridine rings is 1. The van der Waals surface area contributed by atoms with Crippen molar-refractivity contribution in [2.45, 2.75) is 6.92 Å². The molecule has 0 radical (unpaired) electrons. The Morgan fingerprint density at radius 1 is 1.43 bits per heavy atom. The fourth-order valence-electron chi connectivity index (χ4n) is 1.24. The average Bonchev–Trinajstić information content (AvgIpc) is 2.12. The molecule has 66 valence electrons. The molecule has 0 aliphatic carbocycles. The first-order valence-corrected chi connectivity index (χ1v) is 4.29. The van der Waals surface area contributed by atoms with E-state index in [0.29, 0.717) is 10.8 Å². The first-order chi connectivity index (χ1) is 6.18. The third-order valence-electron chi connectivity index (χ3n) is 1.97. The third kappa shape index (κ3) is 2.29. The van der Waals surface area contributed by atoms with Crippen molar-refractivity contribution in [2.24, 2.45) is 0 Å². The van der Waals surface area contributed by atoms with E-state index in [2.05, 4.69) is 11.2 Å². The van der Waals surface area contributed by atoms with Gasteiger partial charge in [-0.15, -0.1) is 22.4 Å². The van der Waals surface area contributed by atoms with E-state index >= 15 is 0 Å². The number of nitrogens with two attached hydrogens (primary N) is 1. The number of benzene rings is 1. The van der Waals surface area contributed by atoms with Crippen molar-refractivity contribution in [1.29, 1.82) is 0 Å². The minimum atomic E-state index is 0. The molecule has 2 nitrogen and oxygen atoms in total. The Morgan fingerprint density at radius 2 is 2.14 bits per heavy atom. The quantitative estimate of drug-likeness (QED) is 0.494. The van der Waals surface area contributed by atoms with E-state index in [1.807, 2.05) is 19.1 Å². The Labute approximate surface area is 130 Å². The second kappa shape index (κ2) is 4.92. The van der Waals surface area contributed by atoms with Crippen molar-refractivity contribution < 1.29 is 51.4 Å². The molecule has 0 spiro atoms. The maximum Gasteiger partial charge on any atom is 1.00 e. The summed E-state index contributed by atoms with van der Waals surface area (Å²) in [5, 5.41) is 2.50. The number of nitrogens with zero attached hydrogens (tertiary/aromatic N) is 1. The van der Waals surface area contributed by atoms with Crippen molar-refractivity contribution in [3.8, 4) is 0 Å². The van der Waals surface area contributed by atoms with Crippen LogP contribution in [0.2, 0.25) is 5.02 Å². The van der Waals surface area contributed by atoms with Crippen LogP contribution in [0.4, 0.5) is 5.82 Å². The molecule has 4 heteroatoms. The zero-order valence-electron chi connectivity index (χ0n) is 8.13. The summed E-state index contributed by atoms with van der Waals surface area (Å²) < 4.78 is 0. The molecule has 0 saturated heterocycles. The molecule has 0 fully saturated rings. The molecular formula is C10H8ClKN2. The Balaban J connectivity index is 0.000000980. The maximum atomic E-state index is 6.07. The number of rotatable bonds is 0. The van der Waals surface area contributed by atoms with Gasteiger partial charge in [-0.25, -0.2) is 0 Å². The summed E-state index contributed by atoms with van der Waals surface area (Å²) in [6.45, 7) is 1.95. The number of fused-ring (bicyclic) bond motifs is 1. The van der Waals surface area contributed by atoms with Gasteiger partial charge in [-0.1, -0.05) is 23.8 Å². The van der Waals surface area contributed by atoms with Crippen LogP contribution in [0, 0.1) is 13.1 Å². The molecule has 1 aromatic carbocycles. The van der Waals surface area contributed by atoms with E-state index in [-0.39, 0.29) is 51.4 Å². The van der Waals surface area contributed by atoms with Crippen LogP contribution in [-0.2, 0) is 0 Å². The van der Waals surface area contributed by atoms with Crippen LogP contribution in [0.15, 0.2) is 18.2 Å². The van der Waals surface area contributed by atoms with Crippen LogP contribution in [0.25, 0.3) is 10.8 Å². The number of hydrogen-bond donors (Lipinski definition) is 1. The normalized spacial score (nSPS) is 9.86. The Kier molecular flexibility index (Phi) is 4.37. The number of aromatic nitrogens is 1. The molecule has 0 aliphatic rings. The van der Waals surface area contributed by atoms with Crippen molar-refractivity contribution >= 4 is 28.2 Å². The van der Waals surface area contributed by atoms with E-state index in [0.717, 1.165) is 16.3 Å². The van der Waals surface area contributed by atoms with Crippen molar-refractivity contribution in [1.82, 2.24) is 4.98 Å². The monoisotopic (exact) mass is 230 g/mol. The van der Waals surface area contributed by atoms with Gasteiger partial charge < -0.3 is 10.7 Å². The van der Waals surface area contributed by atoms with Crippen molar-refractivity contribution in [3.63, 3.8) is 0 Å². The first-order valence-electron chi connectivity index (χ1n) is 3.91. The van der Waals surface area contributed by atoms with Gasteiger partial charge >= 0.3 is 51.4 Å². The molecule has 0 unspecified atom stereocenters. The Hall–Kier alpha value is 0.356. The smallest absolute Gasteiger partial charge is 0.422 e. The van der Waals surface area contributed by atoms with Crippen LogP contribution in [0.3, 0.4) is 0 Å². The fraction of sp³-hybridized carbons (Fsp3) is 0.100. The van der Waals surface area contributed by atoms with E-state index < -0.39 is 0 Å². The summed E-state index contributed by atoms with van der Waals surface area (Å²) >= 11 is 6.07. The van der Waals surface area contributed by atoms with Gasteiger partial charge in [0.05, 0.1) is 0 Å². The molecule has 0 amide bonds. The molecule has 14 heavy (non-hydrogen) atoms. The summed E-state index contributed by atoms with van der Waals surface area (Å²) in [6.07, 6.45) is 2.82. The van der Waals surface area contributed by atoms with Crippen LogP contribution >= 0.6 is 11.6 Å². The summed E-state index contributed by atoms with van der Waals surface area (Å²) in [7, 11) is 0. The van der Waals surface area contributed by atoms with E-state index in [4.69, 9.17) is 17.3 Å². The number of aryl methyl sites for hydroxylation is 1. The first kappa shape index (κ1) is 12.4. The predicted molar refractivity (Wildman–Crippen MR) is 54.7 cm³/mol. The molecule has 2 N–H and O–H groups in total. The van der Waals surface area contributed by atoms with Gasteiger partial charge in [0.1, 0.15) is 0 Å². The summed E-state index contributed by atoms with van der Waals surface area (Å²) in [4.78, 5) is 3.88. The van der Waals surface area contributed by atoms with Crippen LogP contribution in [0.5, 0.6) is 0 Å². The van der Waals surface area contributed by atoms with Gasteiger partial charge in [-0.05, 0) is 18.1 Å². The molecule has 0 bridgehead atoms. The maximum absolute atomic E-state index is 6.07. The number of halogens is 1. The molecule has 0 atom stereocenters. The zero-order valence-corrected chi connectivity index (χ0v) is 12.0. The molecule has 0 aliphatic heterocycles. The third-order valence-corrected chi connectivity index (χ3v) is 2.45. The Morgan fingerprint density at radius 3 is 2.86 bits per heavy atom. The van der Waals surface area contributed by atoms with E-state index in [9.17, 15) is 0 Å². The Bertz CT molecular complexity index is 471. The van der Waals surface area contributed by atoms with Gasteiger partial charge in [0.25, 0.3) is 0 Å². The van der Waals surface area contributed by atoms with Crippen LogP contribution in [-0.4, -0.2) is 4.98 Å². The fourth-order valence-corrected chi connectivity index (χ4v) is 1.46. The predicted octanol–water partition coefficient (Wildman–Crippen LogP) is -0.417. The van der Waals surface area contributed by atoms with Gasteiger partial charge in [0, 0.05) is 5.82 Å². The minimum Gasteiger partial charge on any atom is -0.422 e. The molecule has 2 rings (SSSR count). The molecule has 1 aromatic heterocycles. The van der Waals surface area contributed by atoms with E-state index in [1.165, 1.54) is 0 Å². The van der Waals surface area contributed by atoms with Crippen LogP contribution in [0.1, 0.15) is 5.56 Å². The van der Waals surface area contributed by atoms with Crippen molar-refractivity contribution in [2.75, 3.05) is 5.73 Å². The minimum absolute atomic E-state index is 0. The number of hydrogen-bond acceptors (Lipinski definition) is 2. The second-order valence-corrected chi connectivity index (χ2v) is 3.33. The molecule has 0 saturated carbocycles.